The molecule has 100 valence electrons. The zero-order valence-electron chi connectivity index (χ0n) is 10.7. The number of carboxylic acids is 1. The molecule has 0 aliphatic rings. The summed E-state index contributed by atoms with van der Waals surface area (Å²) in [6.07, 6.45) is -1.32. The van der Waals surface area contributed by atoms with Crippen LogP contribution in [0.2, 0.25) is 0 Å². The molecule has 0 radical (unpaired) electrons. The Labute approximate surface area is 115 Å². The lowest BCUT2D eigenvalue weighted by Crippen LogP contribution is -2.22. The van der Waals surface area contributed by atoms with Crippen molar-refractivity contribution in [1.82, 2.24) is 4.98 Å². The SMILES string of the molecule is O=C(O)C(O)Cc1cccc2nc3ccccc3cc12. The van der Waals surface area contributed by atoms with Gasteiger partial charge in [0.25, 0.3) is 0 Å². The van der Waals surface area contributed by atoms with Crippen LogP contribution in [0.25, 0.3) is 21.8 Å². The molecule has 0 amide bonds. The van der Waals surface area contributed by atoms with Crippen molar-refractivity contribution in [2.24, 2.45) is 0 Å². The molecule has 1 unspecified atom stereocenters. The Morgan fingerprint density at radius 2 is 1.85 bits per heavy atom. The van der Waals surface area contributed by atoms with Crippen molar-refractivity contribution in [2.75, 3.05) is 0 Å². The number of carbonyl (C=O) groups is 1. The van der Waals surface area contributed by atoms with E-state index in [1.165, 1.54) is 0 Å². The molecule has 0 saturated carbocycles. The number of hydrogen-bond acceptors (Lipinski definition) is 3. The van der Waals surface area contributed by atoms with E-state index in [1.54, 1.807) is 0 Å². The van der Waals surface area contributed by atoms with Crippen LogP contribution in [-0.2, 0) is 11.2 Å². The van der Waals surface area contributed by atoms with Crippen molar-refractivity contribution in [3.8, 4) is 0 Å². The largest absolute Gasteiger partial charge is 0.479 e. The predicted octanol–water partition coefficient (Wildman–Crippen LogP) is 2.38. The van der Waals surface area contributed by atoms with Gasteiger partial charge in [0.2, 0.25) is 0 Å². The summed E-state index contributed by atoms with van der Waals surface area (Å²) in [5.41, 5.74) is 2.49. The average molecular weight is 267 g/mol. The molecule has 0 aliphatic heterocycles. The van der Waals surface area contributed by atoms with E-state index in [-0.39, 0.29) is 6.42 Å². The van der Waals surface area contributed by atoms with Crippen molar-refractivity contribution in [1.29, 1.82) is 0 Å². The monoisotopic (exact) mass is 267 g/mol. The highest BCUT2D eigenvalue weighted by atomic mass is 16.4. The Hall–Kier alpha value is -2.46. The highest BCUT2D eigenvalue weighted by molar-refractivity contribution is 5.94. The molecule has 1 atom stereocenters. The summed E-state index contributed by atoms with van der Waals surface area (Å²) in [6.45, 7) is 0. The molecule has 0 bridgehead atoms. The van der Waals surface area contributed by atoms with Gasteiger partial charge in [-0.25, -0.2) is 9.78 Å². The topological polar surface area (TPSA) is 70.4 Å². The van der Waals surface area contributed by atoms with Gasteiger partial charge in [0.15, 0.2) is 6.10 Å². The molecule has 0 saturated heterocycles. The molecule has 1 heterocycles. The van der Waals surface area contributed by atoms with Crippen LogP contribution in [0.1, 0.15) is 5.56 Å². The molecule has 3 rings (SSSR count). The third-order valence-electron chi connectivity index (χ3n) is 3.35. The number of carboxylic acid groups (broad SMARTS) is 1. The normalized spacial score (nSPS) is 12.7. The molecule has 4 nitrogen and oxygen atoms in total. The maximum absolute atomic E-state index is 10.8. The minimum Gasteiger partial charge on any atom is -0.479 e. The van der Waals surface area contributed by atoms with Gasteiger partial charge in [0, 0.05) is 17.2 Å². The van der Waals surface area contributed by atoms with Crippen molar-refractivity contribution in [2.45, 2.75) is 12.5 Å². The first-order valence-electron chi connectivity index (χ1n) is 6.33. The summed E-state index contributed by atoms with van der Waals surface area (Å²) in [7, 11) is 0. The van der Waals surface area contributed by atoms with Gasteiger partial charge in [0.05, 0.1) is 11.0 Å². The zero-order chi connectivity index (χ0) is 14.1. The minimum atomic E-state index is -1.40. The van der Waals surface area contributed by atoms with Gasteiger partial charge in [-0.05, 0) is 23.8 Å². The lowest BCUT2D eigenvalue weighted by molar-refractivity contribution is -0.146. The Bertz CT molecular complexity index is 798. The quantitative estimate of drug-likeness (QED) is 0.715. The number of aliphatic hydroxyl groups excluding tert-OH is 1. The molecule has 0 spiro atoms. The van der Waals surface area contributed by atoms with E-state index < -0.39 is 12.1 Å². The number of fused-ring (bicyclic) bond motifs is 2. The molecule has 0 aliphatic carbocycles. The number of aliphatic hydroxyl groups is 1. The Kier molecular flexibility index (Phi) is 3.08. The maximum atomic E-state index is 10.8. The Morgan fingerprint density at radius 1 is 1.10 bits per heavy atom. The smallest absolute Gasteiger partial charge is 0.332 e. The van der Waals surface area contributed by atoms with E-state index in [2.05, 4.69) is 4.98 Å². The highest BCUT2D eigenvalue weighted by Gasteiger charge is 2.15. The van der Waals surface area contributed by atoms with Crippen LogP contribution in [0, 0.1) is 0 Å². The number of aromatic nitrogens is 1. The first-order chi connectivity index (χ1) is 9.65. The van der Waals surface area contributed by atoms with E-state index in [0.717, 1.165) is 27.4 Å². The molecule has 4 heteroatoms. The molecular weight excluding hydrogens is 254 g/mol. The molecule has 1 aromatic heterocycles. The molecule has 2 N–H and O–H groups in total. The summed E-state index contributed by atoms with van der Waals surface area (Å²) in [5, 5.41) is 20.2. The number of nitrogens with zero attached hydrogens (tertiary/aromatic N) is 1. The van der Waals surface area contributed by atoms with Crippen molar-refractivity contribution in [3.63, 3.8) is 0 Å². The fourth-order valence-electron chi connectivity index (χ4n) is 2.33. The second kappa shape index (κ2) is 4.90. The summed E-state index contributed by atoms with van der Waals surface area (Å²) in [4.78, 5) is 15.3. The van der Waals surface area contributed by atoms with Crippen LogP contribution >= 0.6 is 0 Å². The van der Waals surface area contributed by atoms with E-state index in [9.17, 15) is 9.90 Å². The summed E-state index contributed by atoms with van der Waals surface area (Å²) in [6, 6.07) is 15.3. The highest BCUT2D eigenvalue weighted by Crippen LogP contribution is 2.23. The molecule has 3 aromatic rings. The average Bonchev–Trinajstić information content (AvgIpc) is 2.45. The number of para-hydroxylation sites is 1. The number of pyridine rings is 1. The van der Waals surface area contributed by atoms with Crippen LogP contribution in [-0.4, -0.2) is 27.3 Å². The number of rotatable bonds is 3. The van der Waals surface area contributed by atoms with E-state index in [4.69, 9.17) is 5.11 Å². The second-order valence-corrected chi connectivity index (χ2v) is 4.72. The van der Waals surface area contributed by atoms with Gasteiger partial charge >= 0.3 is 5.97 Å². The number of aliphatic carboxylic acids is 1. The Balaban J connectivity index is 2.17. The molecular formula is C16H13NO3. The van der Waals surface area contributed by atoms with Crippen molar-refractivity contribution < 1.29 is 15.0 Å². The fraction of sp³-hybridized carbons (Fsp3) is 0.125. The predicted molar refractivity (Wildman–Crippen MR) is 76.6 cm³/mol. The van der Waals surface area contributed by atoms with Crippen LogP contribution in [0.4, 0.5) is 0 Å². The number of benzene rings is 2. The van der Waals surface area contributed by atoms with E-state index in [1.807, 2.05) is 48.5 Å². The third kappa shape index (κ3) is 2.21. The summed E-state index contributed by atoms with van der Waals surface area (Å²) >= 11 is 0. The minimum absolute atomic E-state index is 0.0761. The lowest BCUT2D eigenvalue weighted by Gasteiger charge is -2.09. The third-order valence-corrected chi connectivity index (χ3v) is 3.35. The Morgan fingerprint density at radius 3 is 2.65 bits per heavy atom. The molecule has 20 heavy (non-hydrogen) atoms. The standard InChI is InChI=1S/C16H13NO3/c18-15(16(19)20)9-10-5-3-7-14-12(10)8-11-4-1-2-6-13(11)17-14/h1-8,15,18H,9H2,(H,19,20). The summed E-state index contributed by atoms with van der Waals surface area (Å²) < 4.78 is 0. The van der Waals surface area contributed by atoms with Gasteiger partial charge in [-0.15, -0.1) is 0 Å². The van der Waals surface area contributed by atoms with E-state index in [0.29, 0.717) is 0 Å². The van der Waals surface area contributed by atoms with E-state index >= 15 is 0 Å². The number of hydrogen-bond donors (Lipinski definition) is 2. The van der Waals surface area contributed by atoms with Gasteiger partial charge in [-0.2, -0.15) is 0 Å². The lowest BCUT2D eigenvalue weighted by atomic mass is 10.0. The van der Waals surface area contributed by atoms with Crippen LogP contribution < -0.4 is 0 Å². The van der Waals surface area contributed by atoms with Crippen molar-refractivity contribution in [3.05, 3.63) is 54.1 Å². The fourth-order valence-corrected chi connectivity index (χ4v) is 2.33. The van der Waals surface area contributed by atoms with Crippen LogP contribution in [0.3, 0.4) is 0 Å². The first-order valence-corrected chi connectivity index (χ1v) is 6.33. The first kappa shape index (κ1) is 12.6. The van der Waals surface area contributed by atoms with Crippen LogP contribution in [0.15, 0.2) is 48.5 Å². The zero-order valence-corrected chi connectivity index (χ0v) is 10.7. The van der Waals surface area contributed by atoms with Crippen molar-refractivity contribution >= 4 is 27.8 Å². The van der Waals surface area contributed by atoms with Gasteiger partial charge < -0.3 is 10.2 Å². The molecule has 0 fully saturated rings. The summed E-state index contributed by atoms with van der Waals surface area (Å²) in [5.74, 6) is -1.21. The van der Waals surface area contributed by atoms with Gasteiger partial charge in [-0.1, -0.05) is 30.3 Å². The van der Waals surface area contributed by atoms with Crippen LogP contribution in [0.5, 0.6) is 0 Å². The molecule has 2 aromatic carbocycles. The second-order valence-electron chi connectivity index (χ2n) is 4.72. The van der Waals surface area contributed by atoms with Gasteiger partial charge in [-0.3, -0.25) is 0 Å². The maximum Gasteiger partial charge on any atom is 0.332 e. The van der Waals surface area contributed by atoms with Gasteiger partial charge in [0.1, 0.15) is 0 Å².